The summed E-state index contributed by atoms with van der Waals surface area (Å²) in [6.45, 7) is 2.06. The second-order valence-electron chi connectivity index (χ2n) is 6.04. The number of anilines is 1. The van der Waals surface area contributed by atoms with Crippen molar-refractivity contribution in [1.29, 1.82) is 0 Å². The number of benzene rings is 1. The van der Waals surface area contributed by atoms with Gasteiger partial charge in [-0.15, -0.1) is 11.3 Å². The minimum Gasteiger partial charge on any atom is -0.296 e. The summed E-state index contributed by atoms with van der Waals surface area (Å²) in [6, 6.07) is 8.10. The van der Waals surface area contributed by atoms with E-state index < -0.39 is 0 Å². The molecule has 1 aliphatic carbocycles. The van der Waals surface area contributed by atoms with E-state index in [-0.39, 0.29) is 5.91 Å². The van der Waals surface area contributed by atoms with Crippen LogP contribution in [0.2, 0.25) is 0 Å². The number of rotatable bonds is 3. The van der Waals surface area contributed by atoms with Gasteiger partial charge in [0, 0.05) is 22.2 Å². The molecule has 0 saturated heterocycles. The molecule has 5 nitrogen and oxygen atoms in total. The number of thiazole rings is 1. The van der Waals surface area contributed by atoms with E-state index in [0.29, 0.717) is 10.8 Å². The normalized spacial score (nSPS) is 13.5. The minimum atomic E-state index is -0.180. The molecular formula is C18H18N4OS. The van der Waals surface area contributed by atoms with Crippen molar-refractivity contribution in [1.82, 2.24) is 15.2 Å². The Labute approximate surface area is 144 Å². The summed E-state index contributed by atoms with van der Waals surface area (Å²) in [7, 11) is 0. The molecule has 4 rings (SSSR count). The van der Waals surface area contributed by atoms with Gasteiger partial charge in [-0.05, 0) is 38.2 Å². The Morgan fingerprint density at radius 2 is 2.08 bits per heavy atom. The van der Waals surface area contributed by atoms with Crippen molar-refractivity contribution in [3.05, 3.63) is 52.2 Å². The van der Waals surface area contributed by atoms with Gasteiger partial charge < -0.3 is 0 Å². The van der Waals surface area contributed by atoms with E-state index in [1.807, 2.05) is 23.6 Å². The molecule has 0 radical (unpaired) electrons. The van der Waals surface area contributed by atoms with Crippen LogP contribution in [0, 0.1) is 6.92 Å². The SMILES string of the molecule is Cc1ccccc1-c1csc(NC(=O)c2n[nH]c3c2CCCC3)n1. The monoisotopic (exact) mass is 338 g/mol. The lowest BCUT2D eigenvalue weighted by Gasteiger charge is -2.10. The van der Waals surface area contributed by atoms with Crippen LogP contribution in [-0.2, 0) is 12.8 Å². The fourth-order valence-electron chi connectivity index (χ4n) is 3.14. The molecule has 0 atom stereocenters. The fraction of sp³-hybridized carbons (Fsp3) is 0.278. The molecule has 0 bridgehead atoms. The van der Waals surface area contributed by atoms with Gasteiger partial charge in [0.15, 0.2) is 10.8 Å². The van der Waals surface area contributed by atoms with E-state index in [1.165, 1.54) is 16.9 Å². The van der Waals surface area contributed by atoms with Gasteiger partial charge in [0.05, 0.1) is 5.69 Å². The zero-order valence-corrected chi connectivity index (χ0v) is 14.2. The quantitative estimate of drug-likeness (QED) is 0.759. The predicted molar refractivity (Wildman–Crippen MR) is 95.5 cm³/mol. The van der Waals surface area contributed by atoms with Crippen molar-refractivity contribution in [3.63, 3.8) is 0 Å². The molecule has 0 aliphatic heterocycles. The molecule has 1 aliphatic rings. The third-order valence-electron chi connectivity index (χ3n) is 4.42. The highest BCUT2D eigenvalue weighted by atomic mass is 32.1. The summed E-state index contributed by atoms with van der Waals surface area (Å²) >= 11 is 1.44. The first-order valence-electron chi connectivity index (χ1n) is 8.11. The number of aryl methyl sites for hydroxylation is 2. The molecule has 0 saturated carbocycles. The number of aromatic nitrogens is 3. The molecule has 2 N–H and O–H groups in total. The van der Waals surface area contributed by atoms with Crippen LogP contribution in [0.5, 0.6) is 0 Å². The highest BCUT2D eigenvalue weighted by Gasteiger charge is 2.22. The van der Waals surface area contributed by atoms with Crippen molar-refractivity contribution in [2.45, 2.75) is 32.6 Å². The Morgan fingerprint density at radius 3 is 2.96 bits per heavy atom. The zero-order valence-electron chi connectivity index (χ0n) is 13.4. The molecule has 24 heavy (non-hydrogen) atoms. The third-order valence-corrected chi connectivity index (χ3v) is 5.17. The van der Waals surface area contributed by atoms with Crippen molar-refractivity contribution < 1.29 is 4.79 Å². The Hall–Kier alpha value is -2.47. The van der Waals surface area contributed by atoms with Gasteiger partial charge in [-0.2, -0.15) is 5.10 Å². The average molecular weight is 338 g/mol. The Balaban J connectivity index is 1.55. The molecule has 6 heteroatoms. The van der Waals surface area contributed by atoms with Crippen LogP contribution in [-0.4, -0.2) is 21.1 Å². The molecule has 2 heterocycles. The summed E-state index contributed by atoms with van der Waals surface area (Å²) in [6.07, 6.45) is 4.16. The molecule has 3 aromatic rings. The van der Waals surface area contributed by atoms with Crippen molar-refractivity contribution >= 4 is 22.4 Å². The maximum Gasteiger partial charge on any atom is 0.278 e. The zero-order chi connectivity index (χ0) is 16.5. The van der Waals surface area contributed by atoms with E-state index in [1.54, 1.807) is 0 Å². The molecule has 1 amide bonds. The van der Waals surface area contributed by atoms with Gasteiger partial charge in [0.25, 0.3) is 5.91 Å². The maximum atomic E-state index is 12.5. The van der Waals surface area contributed by atoms with E-state index in [4.69, 9.17) is 0 Å². The number of aromatic amines is 1. The van der Waals surface area contributed by atoms with Crippen LogP contribution in [0.4, 0.5) is 5.13 Å². The van der Waals surface area contributed by atoms with Gasteiger partial charge in [-0.3, -0.25) is 15.2 Å². The predicted octanol–water partition coefficient (Wildman–Crippen LogP) is 3.97. The lowest BCUT2D eigenvalue weighted by molar-refractivity contribution is 0.102. The minimum absolute atomic E-state index is 0.180. The van der Waals surface area contributed by atoms with Crippen LogP contribution < -0.4 is 5.32 Å². The smallest absolute Gasteiger partial charge is 0.278 e. The Morgan fingerprint density at radius 1 is 1.25 bits per heavy atom. The first-order valence-corrected chi connectivity index (χ1v) is 8.99. The average Bonchev–Trinajstić information content (AvgIpc) is 3.22. The summed E-state index contributed by atoms with van der Waals surface area (Å²) in [5, 5.41) is 12.7. The second-order valence-corrected chi connectivity index (χ2v) is 6.90. The third kappa shape index (κ3) is 2.73. The first-order chi connectivity index (χ1) is 11.7. The van der Waals surface area contributed by atoms with E-state index in [2.05, 4.69) is 33.5 Å². The largest absolute Gasteiger partial charge is 0.296 e. The molecule has 0 unspecified atom stereocenters. The highest BCUT2D eigenvalue weighted by molar-refractivity contribution is 7.14. The van der Waals surface area contributed by atoms with E-state index >= 15 is 0 Å². The number of H-pyrrole nitrogens is 1. The van der Waals surface area contributed by atoms with Crippen LogP contribution in [0.25, 0.3) is 11.3 Å². The number of nitrogens with zero attached hydrogens (tertiary/aromatic N) is 2. The highest BCUT2D eigenvalue weighted by Crippen LogP contribution is 2.28. The van der Waals surface area contributed by atoms with E-state index in [9.17, 15) is 4.79 Å². The molecule has 2 aromatic heterocycles. The Bertz CT molecular complexity index is 896. The number of carbonyl (C=O) groups is 1. The summed E-state index contributed by atoms with van der Waals surface area (Å²) in [5.41, 5.74) is 5.82. The van der Waals surface area contributed by atoms with Crippen LogP contribution in [0.15, 0.2) is 29.6 Å². The van der Waals surface area contributed by atoms with Crippen molar-refractivity contribution in [3.8, 4) is 11.3 Å². The second kappa shape index (κ2) is 6.20. The number of fused-ring (bicyclic) bond motifs is 1. The van der Waals surface area contributed by atoms with Crippen LogP contribution >= 0.6 is 11.3 Å². The van der Waals surface area contributed by atoms with Gasteiger partial charge in [0.1, 0.15) is 0 Å². The summed E-state index contributed by atoms with van der Waals surface area (Å²) in [4.78, 5) is 17.1. The lowest BCUT2D eigenvalue weighted by atomic mass is 9.96. The van der Waals surface area contributed by atoms with E-state index in [0.717, 1.165) is 48.2 Å². The summed E-state index contributed by atoms with van der Waals surface area (Å²) < 4.78 is 0. The number of hydrogen-bond acceptors (Lipinski definition) is 4. The van der Waals surface area contributed by atoms with Gasteiger partial charge in [-0.25, -0.2) is 4.98 Å². The molecule has 0 fully saturated rings. The van der Waals surface area contributed by atoms with Crippen LogP contribution in [0.3, 0.4) is 0 Å². The molecular weight excluding hydrogens is 320 g/mol. The summed E-state index contributed by atoms with van der Waals surface area (Å²) in [5.74, 6) is -0.180. The molecule has 0 spiro atoms. The Kier molecular flexibility index (Phi) is 3.90. The topological polar surface area (TPSA) is 70.7 Å². The number of amides is 1. The molecule has 122 valence electrons. The number of hydrogen-bond donors (Lipinski definition) is 2. The standard InChI is InChI=1S/C18H18N4OS/c1-11-6-2-3-7-12(11)15-10-24-18(19-15)20-17(23)16-13-8-4-5-9-14(13)21-22-16/h2-3,6-7,10H,4-5,8-9H2,1H3,(H,21,22)(H,19,20,23). The van der Waals surface area contributed by atoms with Gasteiger partial charge in [-0.1, -0.05) is 24.3 Å². The van der Waals surface area contributed by atoms with Crippen LogP contribution in [0.1, 0.15) is 40.2 Å². The van der Waals surface area contributed by atoms with Crippen molar-refractivity contribution in [2.75, 3.05) is 5.32 Å². The van der Waals surface area contributed by atoms with Crippen molar-refractivity contribution in [2.24, 2.45) is 0 Å². The number of nitrogens with one attached hydrogen (secondary N) is 2. The fourth-order valence-corrected chi connectivity index (χ4v) is 3.85. The number of carbonyl (C=O) groups excluding carboxylic acids is 1. The molecule has 1 aromatic carbocycles. The van der Waals surface area contributed by atoms with Gasteiger partial charge in [0.2, 0.25) is 0 Å². The van der Waals surface area contributed by atoms with Gasteiger partial charge >= 0.3 is 0 Å². The first kappa shape index (κ1) is 15.1. The maximum absolute atomic E-state index is 12.5. The lowest BCUT2D eigenvalue weighted by Crippen LogP contribution is -2.15.